The Bertz CT molecular complexity index is 376. The monoisotopic (exact) mass is 208 g/mol. The molecule has 1 aliphatic heterocycles. The molecule has 4 heteroatoms. The van der Waals surface area contributed by atoms with Crippen molar-refractivity contribution < 1.29 is 4.74 Å². The number of nitrogens with zero attached hydrogens (tertiary/aromatic N) is 1. The largest absolute Gasteiger partial charge is 0.492 e. The topological polar surface area (TPSA) is 47.6 Å². The van der Waals surface area contributed by atoms with Gasteiger partial charge in [-0.3, -0.25) is 0 Å². The molecule has 0 fully saturated rings. The first-order chi connectivity index (χ1) is 6.81. The first-order valence-electron chi connectivity index (χ1n) is 4.53. The number of amidine groups is 1. The summed E-state index contributed by atoms with van der Waals surface area (Å²) in [5.41, 5.74) is 6.57. The van der Waals surface area contributed by atoms with E-state index < -0.39 is 0 Å². The number of aliphatic imine (C=N–C) groups is 1. The Morgan fingerprint density at radius 1 is 1.57 bits per heavy atom. The number of hydrogen-bond donors (Lipinski definition) is 1. The van der Waals surface area contributed by atoms with Crippen LogP contribution in [0.1, 0.15) is 6.92 Å². The Morgan fingerprint density at radius 3 is 3.21 bits per heavy atom. The zero-order valence-corrected chi connectivity index (χ0v) is 8.80. The minimum atomic E-state index is 0.649. The third-order valence-corrected chi connectivity index (χ3v) is 2.97. The van der Waals surface area contributed by atoms with Crippen LogP contribution in [-0.4, -0.2) is 18.2 Å². The van der Waals surface area contributed by atoms with Crippen molar-refractivity contribution in [3.8, 4) is 5.75 Å². The van der Waals surface area contributed by atoms with Crippen molar-refractivity contribution in [2.24, 2.45) is 10.7 Å². The number of hydrogen-bond acceptors (Lipinski definition) is 4. The average Bonchev–Trinajstić information content (AvgIpc) is 2.19. The molecule has 0 unspecified atom stereocenters. The first-order valence-corrected chi connectivity index (χ1v) is 5.51. The van der Waals surface area contributed by atoms with E-state index in [0.717, 1.165) is 22.1 Å². The lowest BCUT2D eigenvalue weighted by atomic mass is 10.3. The van der Waals surface area contributed by atoms with E-state index in [1.54, 1.807) is 11.8 Å². The molecular weight excluding hydrogens is 196 g/mol. The van der Waals surface area contributed by atoms with Gasteiger partial charge in [0.15, 0.2) is 0 Å². The Kier molecular flexibility index (Phi) is 2.63. The molecule has 1 aromatic rings. The molecule has 0 bridgehead atoms. The Morgan fingerprint density at radius 2 is 2.43 bits per heavy atom. The van der Waals surface area contributed by atoms with E-state index in [1.165, 1.54) is 0 Å². The molecule has 2 N–H and O–H groups in total. The van der Waals surface area contributed by atoms with Crippen molar-refractivity contribution >= 4 is 23.3 Å². The fourth-order valence-corrected chi connectivity index (χ4v) is 2.15. The molecule has 1 aliphatic rings. The summed E-state index contributed by atoms with van der Waals surface area (Å²) in [6.07, 6.45) is 0. The molecule has 0 radical (unpaired) electrons. The van der Waals surface area contributed by atoms with E-state index in [9.17, 15) is 0 Å². The zero-order valence-electron chi connectivity index (χ0n) is 7.99. The van der Waals surface area contributed by atoms with Gasteiger partial charge in [-0.1, -0.05) is 6.07 Å². The molecule has 0 spiro atoms. The van der Waals surface area contributed by atoms with Crippen molar-refractivity contribution in [2.75, 3.05) is 12.4 Å². The third-order valence-electron chi connectivity index (χ3n) is 1.89. The number of benzene rings is 1. The molecule has 0 atom stereocenters. The molecule has 2 rings (SSSR count). The normalized spacial score (nSPS) is 14.5. The summed E-state index contributed by atoms with van der Waals surface area (Å²) in [5.74, 6) is 2.25. The molecule has 0 aromatic heterocycles. The maximum atomic E-state index is 5.69. The fraction of sp³-hybridized carbons (Fsp3) is 0.300. The first kappa shape index (κ1) is 9.40. The Labute approximate surface area is 87.4 Å². The second kappa shape index (κ2) is 3.92. The number of ether oxygens (including phenoxy) is 1. The van der Waals surface area contributed by atoms with Gasteiger partial charge in [0.1, 0.15) is 17.3 Å². The minimum Gasteiger partial charge on any atom is -0.492 e. The smallest absolute Gasteiger partial charge is 0.146 e. The predicted molar refractivity (Wildman–Crippen MR) is 59.6 cm³/mol. The van der Waals surface area contributed by atoms with Crippen LogP contribution < -0.4 is 10.5 Å². The van der Waals surface area contributed by atoms with Crippen molar-refractivity contribution in [3.05, 3.63) is 18.2 Å². The van der Waals surface area contributed by atoms with Crippen LogP contribution in [-0.2, 0) is 0 Å². The lowest BCUT2D eigenvalue weighted by Crippen LogP contribution is -2.16. The fourth-order valence-electron chi connectivity index (χ4n) is 1.33. The summed E-state index contributed by atoms with van der Waals surface area (Å²) >= 11 is 1.70. The minimum absolute atomic E-state index is 0.649. The van der Waals surface area contributed by atoms with Crippen LogP contribution in [0.15, 0.2) is 28.1 Å². The van der Waals surface area contributed by atoms with Crippen LogP contribution in [0.25, 0.3) is 0 Å². The van der Waals surface area contributed by atoms with Gasteiger partial charge in [0.2, 0.25) is 0 Å². The number of thioether (sulfide) groups is 1. The van der Waals surface area contributed by atoms with Gasteiger partial charge in [-0.15, -0.1) is 11.8 Å². The van der Waals surface area contributed by atoms with Gasteiger partial charge in [-0.2, -0.15) is 0 Å². The summed E-state index contributed by atoms with van der Waals surface area (Å²) < 4.78 is 5.48. The van der Waals surface area contributed by atoms with Crippen molar-refractivity contribution in [3.63, 3.8) is 0 Å². The van der Waals surface area contributed by atoms with Crippen LogP contribution in [0, 0.1) is 0 Å². The lowest BCUT2D eigenvalue weighted by Gasteiger charge is -2.15. The summed E-state index contributed by atoms with van der Waals surface area (Å²) in [5, 5.41) is 0. The summed E-state index contributed by atoms with van der Waals surface area (Å²) in [7, 11) is 0. The molecule has 0 saturated heterocycles. The standard InChI is InChI=1S/C10H12N2OS/c1-2-13-7-4-3-5-8-10(7)12-9(11)6-14-8/h3-5H,2,6H2,1H3,(H2,11,12). The highest BCUT2D eigenvalue weighted by Gasteiger charge is 2.14. The zero-order chi connectivity index (χ0) is 9.97. The van der Waals surface area contributed by atoms with Crippen LogP contribution in [0.5, 0.6) is 5.75 Å². The SMILES string of the molecule is CCOc1cccc2c1N=C(N)CS2. The second-order valence-electron chi connectivity index (χ2n) is 2.93. The van der Waals surface area contributed by atoms with E-state index >= 15 is 0 Å². The highest BCUT2D eigenvalue weighted by atomic mass is 32.2. The van der Waals surface area contributed by atoms with Crippen LogP contribution in [0.2, 0.25) is 0 Å². The maximum absolute atomic E-state index is 5.69. The molecule has 3 nitrogen and oxygen atoms in total. The van der Waals surface area contributed by atoms with Gasteiger partial charge < -0.3 is 10.5 Å². The Balaban J connectivity index is 2.45. The van der Waals surface area contributed by atoms with Gasteiger partial charge in [0.05, 0.1) is 12.4 Å². The highest BCUT2D eigenvalue weighted by molar-refractivity contribution is 8.00. The number of fused-ring (bicyclic) bond motifs is 1. The third kappa shape index (κ3) is 1.70. The second-order valence-corrected chi connectivity index (χ2v) is 3.94. The molecular formula is C10H12N2OS. The van der Waals surface area contributed by atoms with Crippen molar-refractivity contribution in [1.29, 1.82) is 0 Å². The van der Waals surface area contributed by atoms with E-state index in [1.807, 2.05) is 25.1 Å². The van der Waals surface area contributed by atoms with Gasteiger partial charge in [-0.25, -0.2) is 4.99 Å². The van der Waals surface area contributed by atoms with Crippen LogP contribution in [0.3, 0.4) is 0 Å². The van der Waals surface area contributed by atoms with Crippen molar-refractivity contribution in [2.45, 2.75) is 11.8 Å². The average molecular weight is 208 g/mol. The molecule has 1 aromatic carbocycles. The number of para-hydroxylation sites is 1. The van der Waals surface area contributed by atoms with Crippen molar-refractivity contribution in [1.82, 2.24) is 0 Å². The van der Waals surface area contributed by atoms with Crippen LogP contribution in [0.4, 0.5) is 5.69 Å². The van der Waals surface area contributed by atoms with Gasteiger partial charge in [-0.05, 0) is 19.1 Å². The van der Waals surface area contributed by atoms with Gasteiger partial charge >= 0.3 is 0 Å². The summed E-state index contributed by atoms with van der Waals surface area (Å²) in [6.45, 7) is 2.61. The summed E-state index contributed by atoms with van der Waals surface area (Å²) in [4.78, 5) is 5.46. The number of nitrogens with two attached hydrogens (primary N) is 1. The Hall–Kier alpha value is -1.16. The molecule has 1 heterocycles. The quantitative estimate of drug-likeness (QED) is 0.810. The van der Waals surface area contributed by atoms with E-state index in [4.69, 9.17) is 10.5 Å². The van der Waals surface area contributed by atoms with E-state index in [-0.39, 0.29) is 0 Å². The molecule has 0 amide bonds. The van der Waals surface area contributed by atoms with E-state index in [0.29, 0.717) is 12.4 Å². The molecule has 0 aliphatic carbocycles. The van der Waals surface area contributed by atoms with Gasteiger partial charge in [0, 0.05) is 4.90 Å². The molecule has 74 valence electrons. The molecule has 14 heavy (non-hydrogen) atoms. The highest BCUT2D eigenvalue weighted by Crippen LogP contribution is 2.40. The summed E-state index contributed by atoms with van der Waals surface area (Å²) in [6, 6.07) is 5.94. The maximum Gasteiger partial charge on any atom is 0.146 e. The lowest BCUT2D eigenvalue weighted by molar-refractivity contribution is 0.341. The predicted octanol–water partition coefficient (Wildman–Crippen LogP) is 2.18. The molecule has 0 saturated carbocycles. The van der Waals surface area contributed by atoms with Crippen LogP contribution >= 0.6 is 11.8 Å². The van der Waals surface area contributed by atoms with Gasteiger partial charge in [0.25, 0.3) is 0 Å². The number of rotatable bonds is 2. The van der Waals surface area contributed by atoms with E-state index in [2.05, 4.69) is 4.99 Å².